The number of para-hydroxylation sites is 1. The number of methoxy groups -OCH3 is 1. The Balaban J connectivity index is 2.10. The first-order valence-electron chi connectivity index (χ1n) is 6.74. The van der Waals surface area contributed by atoms with Gasteiger partial charge in [-0.05, 0) is 25.0 Å². The minimum atomic E-state index is -2.97. The molecule has 0 amide bonds. The summed E-state index contributed by atoms with van der Waals surface area (Å²) < 4.78 is 39.6. The molecular weight excluding hydrogens is 296 g/mol. The van der Waals surface area contributed by atoms with Gasteiger partial charge in [0.05, 0.1) is 7.11 Å². The highest BCUT2D eigenvalue weighted by molar-refractivity contribution is 5.98. The maximum absolute atomic E-state index is 12.5. The summed E-state index contributed by atoms with van der Waals surface area (Å²) in [5.41, 5.74) is 0.596. The summed E-state index contributed by atoms with van der Waals surface area (Å²) in [7, 11) is 1.25. The van der Waals surface area contributed by atoms with Gasteiger partial charge in [-0.1, -0.05) is 17.3 Å². The average Bonchev–Trinajstić information content (AvgIpc) is 3.25. The van der Waals surface area contributed by atoms with Crippen LogP contribution < -0.4 is 4.74 Å². The predicted octanol–water partition coefficient (Wildman–Crippen LogP) is 3.61. The Morgan fingerprint density at radius 3 is 2.73 bits per heavy atom. The summed E-state index contributed by atoms with van der Waals surface area (Å²) in [5.74, 6) is -0.115. The Labute approximate surface area is 124 Å². The van der Waals surface area contributed by atoms with Crippen molar-refractivity contribution in [3.63, 3.8) is 0 Å². The maximum atomic E-state index is 12.5. The van der Waals surface area contributed by atoms with E-state index in [0.717, 1.165) is 12.8 Å². The number of nitrogens with zero attached hydrogens (tertiary/aromatic N) is 1. The standard InChI is InChI=1S/C15H13F2NO4/c1-20-14(19)11-12(18-22-13(11)8-6-7-8)9-4-2-3-5-10(9)21-15(16)17/h2-5,8,15H,6-7H2,1H3. The molecule has 0 saturated heterocycles. The number of aromatic nitrogens is 1. The van der Waals surface area contributed by atoms with Crippen LogP contribution in [-0.2, 0) is 4.74 Å². The van der Waals surface area contributed by atoms with Gasteiger partial charge in [-0.3, -0.25) is 0 Å². The number of rotatable bonds is 5. The van der Waals surface area contributed by atoms with Crippen LogP contribution in [-0.4, -0.2) is 24.8 Å². The summed E-state index contributed by atoms with van der Waals surface area (Å²) in [4.78, 5) is 12.0. The van der Waals surface area contributed by atoms with Crippen LogP contribution >= 0.6 is 0 Å². The first kappa shape index (κ1) is 14.5. The fourth-order valence-corrected chi connectivity index (χ4v) is 2.27. The van der Waals surface area contributed by atoms with E-state index < -0.39 is 12.6 Å². The van der Waals surface area contributed by atoms with E-state index in [1.54, 1.807) is 18.2 Å². The lowest BCUT2D eigenvalue weighted by Crippen LogP contribution is -2.07. The number of halogens is 2. The van der Waals surface area contributed by atoms with Crippen LogP contribution in [0.2, 0.25) is 0 Å². The molecule has 1 aliphatic carbocycles. The molecular formula is C15H13F2NO4. The molecule has 1 aromatic carbocycles. The number of ether oxygens (including phenoxy) is 2. The molecule has 1 aliphatic rings. The molecule has 0 aliphatic heterocycles. The topological polar surface area (TPSA) is 61.6 Å². The molecule has 0 unspecified atom stereocenters. The van der Waals surface area contributed by atoms with Crippen LogP contribution in [0, 0.1) is 0 Å². The summed E-state index contributed by atoms with van der Waals surface area (Å²) in [5, 5.41) is 3.88. The Hall–Kier alpha value is -2.44. The van der Waals surface area contributed by atoms with Gasteiger partial charge in [0.1, 0.15) is 17.0 Å². The van der Waals surface area contributed by atoms with Gasteiger partial charge in [0.2, 0.25) is 0 Å². The van der Waals surface area contributed by atoms with Gasteiger partial charge in [-0.15, -0.1) is 0 Å². The lowest BCUT2D eigenvalue weighted by molar-refractivity contribution is -0.0494. The summed E-state index contributed by atoms with van der Waals surface area (Å²) in [6.07, 6.45) is 1.79. The van der Waals surface area contributed by atoms with E-state index in [4.69, 9.17) is 9.26 Å². The van der Waals surface area contributed by atoms with Crippen molar-refractivity contribution in [1.82, 2.24) is 5.16 Å². The molecule has 1 saturated carbocycles. The molecule has 1 heterocycles. The molecule has 0 atom stereocenters. The SMILES string of the molecule is COC(=O)c1c(-c2ccccc2OC(F)F)noc1C1CC1. The Morgan fingerprint density at radius 1 is 1.36 bits per heavy atom. The zero-order chi connectivity index (χ0) is 15.7. The molecule has 5 nitrogen and oxygen atoms in total. The molecule has 7 heteroatoms. The number of hydrogen-bond acceptors (Lipinski definition) is 5. The summed E-state index contributed by atoms with van der Waals surface area (Å²) >= 11 is 0. The lowest BCUT2D eigenvalue weighted by atomic mass is 10.0. The second-order valence-corrected chi connectivity index (χ2v) is 4.91. The number of carbonyl (C=O) groups is 1. The van der Waals surface area contributed by atoms with Crippen LogP contribution in [0.3, 0.4) is 0 Å². The normalized spacial score (nSPS) is 14.2. The molecule has 116 valence electrons. The predicted molar refractivity (Wildman–Crippen MR) is 71.9 cm³/mol. The van der Waals surface area contributed by atoms with Crippen molar-refractivity contribution in [3.05, 3.63) is 35.6 Å². The molecule has 0 spiro atoms. The number of carbonyl (C=O) groups excluding carboxylic acids is 1. The molecule has 1 aromatic heterocycles. The summed E-state index contributed by atoms with van der Waals surface area (Å²) in [6, 6.07) is 6.12. The second-order valence-electron chi connectivity index (χ2n) is 4.91. The van der Waals surface area contributed by atoms with E-state index in [2.05, 4.69) is 9.89 Å². The molecule has 22 heavy (non-hydrogen) atoms. The fourth-order valence-electron chi connectivity index (χ4n) is 2.27. The van der Waals surface area contributed by atoms with E-state index >= 15 is 0 Å². The van der Waals surface area contributed by atoms with E-state index in [0.29, 0.717) is 5.76 Å². The van der Waals surface area contributed by atoms with Gasteiger partial charge in [-0.25, -0.2) is 4.79 Å². The highest BCUT2D eigenvalue weighted by atomic mass is 19.3. The van der Waals surface area contributed by atoms with E-state index in [9.17, 15) is 13.6 Å². The quantitative estimate of drug-likeness (QED) is 0.790. The molecule has 0 N–H and O–H groups in total. The largest absolute Gasteiger partial charge is 0.465 e. The maximum Gasteiger partial charge on any atom is 0.387 e. The molecule has 0 radical (unpaired) electrons. The van der Waals surface area contributed by atoms with Gasteiger partial charge in [0, 0.05) is 11.5 Å². The number of esters is 1. The van der Waals surface area contributed by atoms with Crippen LogP contribution in [0.1, 0.15) is 34.9 Å². The smallest absolute Gasteiger partial charge is 0.387 e. The van der Waals surface area contributed by atoms with Crippen LogP contribution in [0.25, 0.3) is 11.3 Å². The second kappa shape index (κ2) is 5.75. The van der Waals surface area contributed by atoms with Gasteiger partial charge >= 0.3 is 12.6 Å². The highest BCUT2D eigenvalue weighted by Crippen LogP contribution is 2.45. The summed E-state index contributed by atoms with van der Waals surface area (Å²) in [6.45, 7) is -2.97. The van der Waals surface area contributed by atoms with Crippen molar-refractivity contribution < 1.29 is 27.6 Å². The van der Waals surface area contributed by atoms with Crippen molar-refractivity contribution in [3.8, 4) is 17.0 Å². The van der Waals surface area contributed by atoms with Crippen LogP contribution in [0.5, 0.6) is 5.75 Å². The number of hydrogen-bond donors (Lipinski definition) is 0. The van der Waals surface area contributed by atoms with Crippen LogP contribution in [0.4, 0.5) is 8.78 Å². The zero-order valence-electron chi connectivity index (χ0n) is 11.7. The highest BCUT2D eigenvalue weighted by Gasteiger charge is 2.36. The Morgan fingerprint density at radius 2 is 2.09 bits per heavy atom. The lowest BCUT2D eigenvalue weighted by Gasteiger charge is -2.09. The number of benzene rings is 1. The Kier molecular flexibility index (Phi) is 3.79. The van der Waals surface area contributed by atoms with Gasteiger partial charge in [-0.2, -0.15) is 8.78 Å². The average molecular weight is 309 g/mol. The minimum Gasteiger partial charge on any atom is -0.465 e. The number of alkyl halides is 2. The third-order valence-electron chi connectivity index (χ3n) is 3.41. The first-order chi connectivity index (χ1) is 10.6. The van der Waals surface area contributed by atoms with E-state index in [-0.39, 0.29) is 28.5 Å². The fraction of sp³-hybridized carbons (Fsp3) is 0.333. The minimum absolute atomic E-state index is 0.0710. The third-order valence-corrected chi connectivity index (χ3v) is 3.41. The van der Waals surface area contributed by atoms with Gasteiger partial charge < -0.3 is 14.0 Å². The van der Waals surface area contributed by atoms with Crippen molar-refractivity contribution in [2.45, 2.75) is 25.4 Å². The van der Waals surface area contributed by atoms with Crippen molar-refractivity contribution in [2.24, 2.45) is 0 Å². The van der Waals surface area contributed by atoms with Gasteiger partial charge in [0.25, 0.3) is 0 Å². The van der Waals surface area contributed by atoms with Crippen molar-refractivity contribution in [2.75, 3.05) is 7.11 Å². The van der Waals surface area contributed by atoms with E-state index in [1.807, 2.05) is 0 Å². The zero-order valence-corrected chi connectivity index (χ0v) is 11.7. The van der Waals surface area contributed by atoms with Crippen molar-refractivity contribution in [1.29, 1.82) is 0 Å². The first-order valence-corrected chi connectivity index (χ1v) is 6.74. The van der Waals surface area contributed by atoms with Gasteiger partial charge in [0.15, 0.2) is 5.76 Å². The molecule has 3 rings (SSSR count). The Bertz CT molecular complexity index is 695. The van der Waals surface area contributed by atoms with Crippen molar-refractivity contribution >= 4 is 5.97 Å². The monoisotopic (exact) mass is 309 g/mol. The van der Waals surface area contributed by atoms with E-state index in [1.165, 1.54) is 13.2 Å². The molecule has 2 aromatic rings. The third kappa shape index (κ3) is 2.66. The molecule has 1 fully saturated rings. The molecule has 0 bridgehead atoms. The van der Waals surface area contributed by atoms with Crippen LogP contribution in [0.15, 0.2) is 28.8 Å².